The van der Waals surface area contributed by atoms with Crippen LogP contribution in [0.15, 0.2) is 23.1 Å². The van der Waals surface area contributed by atoms with Crippen molar-refractivity contribution >= 4 is 17.4 Å². The molecule has 0 amide bonds. The summed E-state index contributed by atoms with van der Waals surface area (Å²) in [5.41, 5.74) is 0.376. The zero-order valence-electron chi connectivity index (χ0n) is 9.89. The molecule has 17 heavy (non-hydrogen) atoms. The number of unbranched alkanes of at least 4 members (excludes halogenated alkanes) is 2. The van der Waals surface area contributed by atoms with Crippen molar-refractivity contribution in [3.05, 3.63) is 33.9 Å². The molecule has 5 heteroatoms. The molecule has 0 bridgehead atoms. The summed E-state index contributed by atoms with van der Waals surface area (Å²) in [6.07, 6.45) is 3.53. The van der Waals surface area contributed by atoms with Gasteiger partial charge >= 0.3 is 0 Å². The number of aliphatic hydroxyl groups excluding tert-OH is 1. The summed E-state index contributed by atoms with van der Waals surface area (Å²) >= 11 is 1.68. The molecule has 0 saturated carbocycles. The van der Waals surface area contributed by atoms with E-state index in [0.717, 1.165) is 17.1 Å². The average Bonchev–Trinajstić information content (AvgIpc) is 2.34. The molecule has 0 saturated heterocycles. The second kappa shape index (κ2) is 7.29. The Balaban J connectivity index is 2.66. The summed E-state index contributed by atoms with van der Waals surface area (Å²) in [4.78, 5) is 11.2. The molecule has 0 aliphatic carbocycles. The van der Waals surface area contributed by atoms with Crippen molar-refractivity contribution in [2.24, 2.45) is 0 Å². The molecule has 1 aromatic carbocycles. The van der Waals surface area contributed by atoms with Crippen LogP contribution in [0.3, 0.4) is 0 Å². The molecule has 94 valence electrons. The van der Waals surface area contributed by atoms with Crippen LogP contribution >= 0.6 is 11.8 Å². The van der Waals surface area contributed by atoms with E-state index in [1.54, 1.807) is 23.9 Å². The summed E-state index contributed by atoms with van der Waals surface area (Å²) < 4.78 is 0. The predicted octanol–water partition coefficient (Wildman–Crippen LogP) is 3.37. The van der Waals surface area contributed by atoms with Gasteiger partial charge in [0.05, 0.1) is 17.1 Å². The molecule has 1 aromatic rings. The van der Waals surface area contributed by atoms with Crippen LogP contribution in [0.25, 0.3) is 0 Å². The second-order valence-corrected chi connectivity index (χ2v) is 4.93. The third-order valence-electron chi connectivity index (χ3n) is 2.43. The van der Waals surface area contributed by atoms with Gasteiger partial charge in [0.2, 0.25) is 0 Å². The van der Waals surface area contributed by atoms with Crippen LogP contribution in [0, 0.1) is 10.1 Å². The molecule has 0 fully saturated rings. The lowest BCUT2D eigenvalue weighted by atomic mass is 10.2. The Labute approximate surface area is 105 Å². The van der Waals surface area contributed by atoms with Gasteiger partial charge in [-0.3, -0.25) is 10.1 Å². The largest absolute Gasteiger partial charge is 0.391 e. The van der Waals surface area contributed by atoms with Gasteiger partial charge in [-0.2, -0.15) is 0 Å². The first kappa shape index (κ1) is 14.0. The molecule has 0 aliphatic heterocycles. The smallest absolute Gasteiger partial charge is 0.274 e. The van der Waals surface area contributed by atoms with E-state index in [9.17, 15) is 10.1 Å². The van der Waals surface area contributed by atoms with E-state index in [0.29, 0.717) is 5.56 Å². The maximum Gasteiger partial charge on any atom is 0.274 e. The highest BCUT2D eigenvalue weighted by Gasteiger charge is 2.13. The molecule has 0 aromatic heterocycles. The highest BCUT2D eigenvalue weighted by atomic mass is 32.2. The third-order valence-corrected chi connectivity index (χ3v) is 3.51. The molecule has 0 heterocycles. The first-order chi connectivity index (χ1) is 8.19. The van der Waals surface area contributed by atoms with E-state index in [1.807, 2.05) is 0 Å². The van der Waals surface area contributed by atoms with Crippen molar-refractivity contribution in [3.63, 3.8) is 0 Å². The van der Waals surface area contributed by atoms with E-state index in [2.05, 4.69) is 6.92 Å². The fourth-order valence-electron chi connectivity index (χ4n) is 1.50. The number of thioether (sulfide) groups is 1. The first-order valence-electron chi connectivity index (χ1n) is 5.70. The lowest BCUT2D eigenvalue weighted by Crippen LogP contribution is -1.95. The number of nitro benzene ring substituents is 1. The second-order valence-electron chi connectivity index (χ2n) is 3.76. The van der Waals surface area contributed by atoms with E-state index in [1.165, 1.54) is 18.9 Å². The van der Waals surface area contributed by atoms with Crippen molar-refractivity contribution in [1.82, 2.24) is 0 Å². The predicted molar refractivity (Wildman–Crippen MR) is 69.3 cm³/mol. The zero-order chi connectivity index (χ0) is 12.7. The van der Waals surface area contributed by atoms with Crippen LogP contribution in [0.1, 0.15) is 31.7 Å². The Morgan fingerprint density at radius 3 is 2.76 bits per heavy atom. The number of rotatable bonds is 7. The number of nitrogens with zero attached hydrogens (tertiary/aromatic N) is 1. The van der Waals surface area contributed by atoms with Gasteiger partial charge in [0, 0.05) is 11.0 Å². The Morgan fingerprint density at radius 1 is 1.41 bits per heavy atom. The van der Waals surface area contributed by atoms with Crippen molar-refractivity contribution in [2.45, 2.75) is 37.7 Å². The number of hydrogen-bond acceptors (Lipinski definition) is 4. The highest BCUT2D eigenvalue weighted by molar-refractivity contribution is 7.99. The van der Waals surface area contributed by atoms with E-state index in [4.69, 9.17) is 5.11 Å². The van der Waals surface area contributed by atoms with Crippen LogP contribution in [-0.4, -0.2) is 15.8 Å². The maximum atomic E-state index is 10.7. The highest BCUT2D eigenvalue weighted by Crippen LogP contribution is 2.26. The van der Waals surface area contributed by atoms with Gasteiger partial charge < -0.3 is 5.11 Å². The summed E-state index contributed by atoms with van der Waals surface area (Å²) in [6.45, 7) is 1.86. The number of hydrogen-bond donors (Lipinski definition) is 1. The normalized spacial score (nSPS) is 10.5. The van der Waals surface area contributed by atoms with E-state index in [-0.39, 0.29) is 12.3 Å². The molecule has 1 N–H and O–H groups in total. The van der Waals surface area contributed by atoms with Crippen LogP contribution in [0.5, 0.6) is 0 Å². The van der Waals surface area contributed by atoms with Gasteiger partial charge in [-0.15, -0.1) is 11.8 Å². The van der Waals surface area contributed by atoms with Crippen LogP contribution in [0.4, 0.5) is 5.69 Å². The fourth-order valence-corrected chi connectivity index (χ4v) is 2.47. The van der Waals surface area contributed by atoms with Gasteiger partial charge in [-0.25, -0.2) is 0 Å². The monoisotopic (exact) mass is 255 g/mol. The minimum absolute atomic E-state index is 0.00888. The molecule has 0 aliphatic rings. The third kappa shape index (κ3) is 4.36. The Kier molecular flexibility index (Phi) is 6.00. The maximum absolute atomic E-state index is 10.7. The first-order valence-corrected chi connectivity index (χ1v) is 6.68. The van der Waals surface area contributed by atoms with Gasteiger partial charge in [-0.05, 0) is 24.3 Å². The standard InChI is InChI=1S/C12H17NO3S/c1-2-3-4-7-17-11-5-6-12(13(15)16)10(8-11)9-14/h5-6,8,14H,2-4,7,9H2,1H3. The molecular weight excluding hydrogens is 238 g/mol. The summed E-state index contributed by atoms with van der Waals surface area (Å²) in [7, 11) is 0. The van der Waals surface area contributed by atoms with Crippen molar-refractivity contribution in [3.8, 4) is 0 Å². The fraction of sp³-hybridized carbons (Fsp3) is 0.500. The number of aliphatic hydroxyl groups is 1. The minimum atomic E-state index is -0.461. The molecule has 1 rings (SSSR count). The van der Waals surface area contributed by atoms with Gasteiger partial charge in [0.25, 0.3) is 5.69 Å². The van der Waals surface area contributed by atoms with Crippen molar-refractivity contribution < 1.29 is 10.0 Å². The number of benzene rings is 1. The molecule has 4 nitrogen and oxygen atoms in total. The lowest BCUT2D eigenvalue weighted by molar-refractivity contribution is -0.385. The van der Waals surface area contributed by atoms with Crippen LogP contribution in [-0.2, 0) is 6.61 Å². The van der Waals surface area contributed by atoms with E-state index >= 15 is 0 Å². The summed E-state index contributed by atoms with van der Waals surface area (Å²) in [5, 5.41) is 19.8. The van der Waals surface area contributed by atoms with E-state index < -0.39 is 4.92 Å². The molecule has 0 radical (unpaired) electrons. The molecule has 0 atom stereocenters. The quantitative estimate of drug-likeness (QED) is 0.351. The van der Waals surface area contributed by atoms with Crippen LogP contribution in [0.2, 0.25) is 0 Å². The zero-order valence-corrected chi connectivity index (χ0v) is 10.7. The Hall–Kier alpha value is -1.07. The SMILES string of the molecule is CCCCCSc1ccc([N+](=O)[O-])c(CO)c1. The minimum Gasteiger partial charge on any atom is -0.391 e. The van der Waals surface area contributed by atoms with Gasteiger partial charge in [0.15, 0.2) is 0 Å². The van der Waals surface area contributed by atoms with Crippen molar-refractivity contribution in [1.29, 1.82) is 0 Å². The lowest BCUT2D eigenvalue weighted by Gasteiger charge is -2.04. The van der Waals surface area contributed by atoms with Gasteiger partial charge in [-0.1, -0.05) is 19.8 Å². The molecule has 0 spiro atoms. The summed E-state index contributed by atoms with van der Waals surface area (Å²) in [5.74, 6) is 1.01. The Morgan fingerprint density at radius 2 is 2.18 bits per heavy atom. The Bertz CT molecular complexity index is 382. The number of nitro groups is 1. The molecular formula is C12H17NO3S. The topological polar surface area (TPSA) is 63.4 Å². The van der Waals surface area contributed by atoms with Crippen molar-refractivity contribution in [2.75, 3.05) is 5.75 Å². The molecule has 0 unspecified atom stereocenters. The average molecular weight is 255 g/mol. The van der Waals surface area contributed by atoms with Gasteiger partial charge in [0.1, 0.15) is 0 Å². The summed E-state index contributed by atoms with van der Waals surface area (Å²) in [6, 6.07) is 4.91. The van der Waals surface area contributed by atoms with Crippen LogP contribution < -0.4 is 0 Å².